The summed E-state index contributed by atoms with van der Waals surface area (Å²) in [5, 5.41) is 3.56. The number of methoxy groups -OCH3 is 1. The Kier molecular flexibility index (Phi) is 7.96. The van der Waals surface area contributed by atoms with Crippen molar-refractivity contribution in [1.29, 1.82) is 0 Å². The molecule has 0 radical (unpaired) electrons. The van der Waals surface area contributed by atoms with Crippen LogP contribution in [0.4, 0.5) is 5.69 Å². The summed E-state index contributed by atoms with van der Waals surface area (Å²) in [4.78, 5) is 26.8. The fraction of sp³-hybridized carbons (Fsp3) is 0.231. The second kappa shape index (κ2) is 10.9. The third-order valence-corrected chi connectivity index (χ3v) is 5.44. The molecule has 3 rings (SSSR count). The van der Waals surface area contributed by atoms with E-state index in [1.54, 1.807) is 37.4 Å². The molecule has 0 saturated heterocycles. The van der Waals surface area contributed by atoms with Crippen molar-refractivity contribution in [3.63, 3.8) is 0 Å². The molecule has 0 aliphatic rings. The smallest absolute Gasteiger partial charge is 0.254 e. The van der Waals surface area contributed by atoms with E-state index in [4.69, 9.17) is 21.1 Å². The summed E-state index contributed by atoms with van der Waals surface area (Å²) >= 11 is 5.91. The summed E-state index contributed by atoms with van der Waals surface area (Å²) in [6, 6.07) is 18.1. The number of carbonyl (C=O) groups excluding carboxylic acids is 2. The van der Waals surface area contributed by atoms with Gasteiger partial charge >= 0.3 is 0 Å². The lowest BCUT2D eigenvalue weighted by atomic mass is 10.1. The minimum Gasteiger partial charge on any atom is -0.493 e. The maximum atomic E-state index is 12.9. The number of halogens is 1. The summed E-state index contributed by atoms with van der Waals surface area (Å²) in [6.07, 6.45) is 0. The molecule has 2 amide bonds. The normalized spacial score (nSPS) is 10.5. The molecule has 0 unspecified atom stereocenters. The van der Waals surface area contributed by atoms with Crippen molar-refractivity contribution in [2.45, 2.75) is 20.5 Å². The Morgan fingerprint density at radius 1 is 0.970 bits per heavy atom. The molecule has 172 valence electrons. The van der Waals surface area contributed by atoms with Gasteiger partial charge in [-0.05, 0) is 60.9 Å². The van der Waals surface area contributed by atoms with Gasteiger partial charge in [-0.25, -0.2) is 0 Å². The SMILES string of the molecule is COc1cc(C(=O)N(C)CC(=O)Nc2c(C)cccc2C)ccc1OCc1ccc(Cl)cc1. The molecule has 0 spiro atoms. The Bertz CT molecular complexity index is 1130. The summed E-state index contributed by atoms with van der Waals surface area (Å²) in [5.74, 6) is 0.384. The lowest BCUT2D eigenvalue weighted by Crippen LogP contribution is -2.35. The van der Waals surface area contributed by atoms with Crippen molar-refractivity contribution in [2.24, 2.45) is 0 Å². The number of nitrogens with one attached hydrogen (secondary N) is 1. The van der Waals surface area contributed by atoms with E-state index >= 15 is 0 Å². The largest absolute Gasteiger partial charge is 0.493 e. The van der Waals surface area contributed by atoms with E-state index in [1.807, 2.05) is 44.2 Å². The summed E-state index contributed by atoms with van der Waals surface area (Å²) in [5.41, 5.74) is 4.06. The van der Waals surface area contributed by atoms with E-state index in [-0.39, 0.29) is 18.4 Å². The second-order valence-corrected chi connectivity index (χ2v) is 8.19. The molecule has 0 heterocycles. The highest BCUT2D eigenvalue weighted by atomic mass is 35.5. The maximum absolute atomic E-state index is 12.9. The van der Waals surface area contributed by atoms with Crippen LogP contribution in [0, 0.1) is 13.8 Å². The quantitative estimate of drug-likeness (QED) is 0.492. The predicted molar refractivity (Wildman–Crippen MR) is 130 cm³/mol. The summed E-state index contributed by atoms with van der Waals surface area (Å²) in [6.45, 7) is 4.11. The van der Waals surface area contributed by atoms with Crippen LogP contribution in [0.15, 0.2) is 60.7 Å². The van der Waals surface area contributed by atoms with E-state index in [0.29, 0.717) is 28.7 Å². The van der Waals surface area contributed by atoms with Crippen LogP contribution in [0.1, 0.15) is 27.0 Å². The number of ether oxygens (including phenoxy) is 2. The number of anilines is 1. The average molecular weight is 467 g/mol. The first-order valence-electron chi connectivity index (χ1n) is 10.4. The van der Waals surface area contributed by atoms with E-state index in [0.717, 1.165) is 22.4 Å². The maximum Gasteiger partial charge on any atom is 0.254 e. The van der Waals surface area contributed by atoms with Crippen LogP contribution in [-0.2, 0) is 11.4 Å². The van der Waals surface area contributed by atoms with Gasteiger partial charge in [0.25, 0.3) is 5.91 Å². The lowest BCUT2D eigenvalue weighted by Gasteiger charge is -2.19. The standard InChI is InChI=1S/C26H27ClN2O4/c1-17-6-5-7-18(2)25(17)28-24(30)15-29(3)26(31)20-10-13-22(23(14-20)32-4)33-16-19-8-11-21(27)12-9-19/h5-14H,15-16H2,1-4H3,(H,28,30). The number of rotatable bonds is 8. The number of amides is 2. The third kappa shape index (κ3) is 6.26. The zero-order valence-corrected chi connectivity index (χ0v) is 19.9. The highest BCUT2D eigenvalue weighted by Crippen LogP contribution is 2.29. The Morgan fingerprint density at radius 3 is 2.27 bits per heavy atom. The van der Waals surface area contributed by atoms with Crippen molar-refractivity contribution in [2.75, 3.05) is 26.0 Å². The van der Waals surface area contributed by atoms with E-state index in [2.05, 4.69) is 5.32 Å². The molecular weight excluding hydrogens is 440 g/mol. The number of carbonyl (C=O) groups is 2. The first-order valence-corrected chi connectivity index (χ1v) is 10.8. The van der Waals surface area contributed by atoms with Gasteiger partial charge in [-0.3, -0.25) is 9.59 Å². The third-order valence-electron chi connectivity index (χ3n) is 5.19. The highest BCUT2D eigenvalue weighted by Gasteiger charge is 2.18. The van der Waals surface area contributed by atoms with Gasteiger partial charge in [0.05, 0.1) is 13.7 Å². The number of likely N-dealkylation sites (N-methyl/N-ethyl adjacent to an activating group) is 1. The molecule has 0 fully saturated rings. The zero-order valence-electron chi connectivity index (χ0n) is 19.1. The first-order chi connectivity index (χ1) is 15.8. The molecule has 7 heteroatoms. The number of nitrogens with zero attached hydrogens (tertiary/aromatic N) is 1. The summed E-state index contributed by atoms with van der Waals surface area (Å²) < 4.78 is 11.3. The number of hydrogen-bond donors (Lipinski definition) is 1. The predicted octanol–water partition coefficient (Wildman–Crippen LogP) is 5.26. The van der Waals surface area contributed by atoms with Gasteiger partial charge in [-0.1, -0.05) is 41.9 Å². The minimum absolute atomic E-state index is 0.0796. The van der Waals surface area contributed by atoms with Gasteiger partial charge in [-0.2, -0.15) is 0 Å². The van der Waals surface area contributed by atoms with E-state index in [9.17, 15) is 9.59 Å². The molecular formula is C26H27ClN2O4. The molecule has 0 bridgehead atoms. The second-order valence-electron chi connectivity index (χ2n) is 7.76. The molecule has 3 aromatic carbocycles. The fourth-order valence-corrected chi connectivity index (χ4v) is 3.49. The molecule has 0 aromatic heterocycles. The van der Waals surface area contributed by atoms with Crippen LogP contribution in [0.5, 0.6) is 11.5 Å². The Balaban J connectivity index is 1.64. The van der Waals surface area contributed by atoms with Crippen LogP contribution < -0.4 is 14.8 Å². The molecule has 0 atom stereocenters. The Labute approximate surface area is 199 Å². The van der Waals surface area contributed by atoms with Crippen molar-refractivity contribution >= 4 is 29.1 Å². The number of aryl methyl sites for hydroxylation is 2. The average Bonchev–Trinajstić information content (AvgIpc) is 2.80. The molecule has 0 aliphatic heterocycles. The van der Waals surface area contributed by atoms with Gasteiger partial charge in [0.15, 0.2) is 11.5 Å². The Hall–Kier alpha value is -3.51. The van der Waals surface area contributed by atoms with Crippen LogP contribution in [0.2, 0.25) is 5.02 Å². The van der Waals surface area contributed by atoms with Crippen LogP contribution >= 0.6 is 11.6 Å². The van der Waals surface area contributed by atoms with Gasteiger partial charge in [0.1, 0.15) is 6.61 Å². The number of hydrogen-bond acceptors (Lipinski definition) is 4. The number of benzene rings is 3. The lowest BCUT2D eigenvalue weighted by molar-refractivity contribution is -0.116. The first kappa shape index (κ1) is 24.1. The summed E-state index contributed by atoms with van der Waals surface area (Å²) in [7, 11) is 3.10. The van der Waals surface area contributed by atoms with Gasteiger partial charge in [0.2, 0.25) is 5.91 Å². The van der Waals surface area contributed by atoms with Crippen molar-refractivity contribution in [3.05, 3.63) is 87.9 Å². The number of para-hydroxylation sites is 1. The van der Waals surface area contributed by atoms with Gasteiger partial charge in [-0.15, -0.1) is 0 Å². The van der Waals surface area contributed by atoms with Crippen LogP contribution in [0.25, 0.3) is 0 Å². The van der Waals surface area contributed by atoms with Gasteiger partial charge in [0, 0.05) is 23.3 Å². The topological polar surface area (TPSA) is 67.9 Å². The monoisotopic (exact) mass is 466 g/mol. The van der Waals surface area contributed by atoms with Crippen molar-refractivity contribution in [1.82, 2.24) is 4.90 Å². The molecule has 33 heavy (non-hydrogen) atoms. The molecule has 3 aromatic rings. The van der Waals surface area contributed by atoms with Crippen molar-refractivity contribution in [3.8, 4) is 11.5 Å². The van der Waals surface area contributed by atoms with Crippen LogP contribution in [-0.4, -0.2) is 37.4 Å². The zero-order chi connectivity index (χ0) is 24.0. The Morgan fingerprint density at radius 2 is 1.64 bits per heavy atom. The van der Waals surface area contributed by atoms with E-state index < -0.39 is 0 Å². The minimum atomic E-state index is -0.297. The van der Waals surface area contributed by atoms with E-state index in [1.165, 1.54) is 12.0 Å². The molecule has 0 aliphatic carbocycles. The molecule has 1 N–H and O–H groups in total. The molecule has 0 saturated carbocycles. The van der Waals surface area contributed by atoms with Crippen LogP contribution in [0.3, 0.4) is 0 Å². The fourth-order valence-electron chi connectivity index (χ4n) is 3.36. The highest BCUT2D eigenvalue weighted by molar-refractivity contribution is 6.30. The molecule has 6 nitrogen and oxygen atoms in total. The van der Waals surface area contributed by atoms with Gasteiger partial charge < -0.3 is 19.7 Å². The van der Waals surface area contributed by atoms with Crippen molar-refractivity contribution < 1.29 is 19.1 Å².